The lowest BCUT2D eigenvalue weighted by Gasteiger charge is -2.38. The van der Waals surface area contributed by atoms with Gasteiger partial charge in [0.15, 0.2) is 0 Å². The van der Waals surface area contributed by atoms with Gasteiger partial charge in [0.2, 0.25) is 0 Å². The number of aliphatic hydroxyl groups is 1. The van der Waals surface area contributed by atoms with E-state index in [-0.39, 0.29) is 11.5 Å². The molecule has 2 aliphatic carbocycles. The van der Waals surface area contributed by atoms with Gasteiger partial charge in [-0.1, -0.05) is 24.5 Å². The zero-order valence-electron chi connectivity index (χ0n) is 7.84. The Morgan fingerprint density at radius 1 is 1.42 bits per heavy atom. The minimum Gasteiger partial charge on any atom is -0.392 e. The van der Waals surface area contributed by atoms with Gasteiger partial charge in [0.05, 0.1) is 6.10 Å². The molecule has 0 aromatic heterocycles. The van der Waals surface area contributed by atoms with Crippen LogP contribution in [0.15, 0.2) is 11.6 Å². The van der Waals surface area contributed by atoms with Crippen molar-refractivity contribution in [2.75, 3.05) is 0 Å². The average molecular weight is 166 g/mol. The van der Waals surface area contributed by atoms with Crippen LogP contribution in [-0.4, -0.2) is 11.2 Å². The van der Waals surface area contributed by atoms with Crippen LogP contribution in [-0.2, 0) is 0 Å². The second kappa shape index (κ2) is 2.88. The summed E-state index contributed by atoms with van der Waals surface area (Å²) >= 11 is 0. The molecule has 1 spiro atoms. The molecular formula is C11H18O. The Labute approximate surface area is 74.5 Å². The molecule has 0 aromatic rings. The van der Waals surface area contributed by atoms with E-state index in [1.807, 2.05) is 0 Å². The van der Waals surface area contributed by atoms with Crippen LogP contribution in [0.3, 0.4) is 0 Å². The lowest BCUT2D eigenvalue weighted by atomic mass is 9.70. The summed E-state index contributed by atoms with van der Waals surface area (Å²) < 4.78 is 0. The Morgan fingerprint density at radius 2 is 2.08 bits per heavy atom. The highest BCUT2D eigenvalue weighted by molar-refractivity contribution is 5.19. The average Bonchev–Trinajstić information content (AvgIpc) is 2.50. The fourth-order valence-electron chi connectivity index (χ4n) is 2.93. The third-order valence-corrected chi connectivity index (χ3v) is 3.81. The van der Waals surface area contributed by atoms with Crippen molar-refractivity contribution in [2.24, 2.45) is 5.41 Å². The van der Waals surface area contributed by atoms with Gasteiger partial charge >= 0.3 is 0 Å². The first-order valence-electron chi connectivity index (χ1n) is 5.11. The zero-order chi connectivity index (χ0) is 8.60. The Hall–Kier alpha value is -0.300. The topological polar surface area (TPSA) is 20.2 Å². The van der Waals surface area contributed by atoms with Crippen LogP contribution in [0.4, 0.5) is 0 Å². The number of hydrogen-bond acceptors (Lipinski definition) is 1. The number of allylic oxidation sites excluding steroid dienone is 1. The zero-order valence-corrected chi connectivity index (χ0v) is 7.84. The third kappa shape index (κ3) is 1.03. The minimum absolute atomic E-state index is 0.0509. The first-order chi connectivity index (χ1) is 5.76. The van der Waals surface area contributed by atoms with Crippen molar-refractivity contribution >= 4 is 0 Å². The Kier molecular flexibility index (Phi) is 1.99. The maximum absolute atomic E-state index is 9.99. The van der Waals surface area contributed by atoms with Crippen molar-refractivity contribution in [3.8, 4) is 0 Å². The maximum atomic E-state index is 9.99. The van der Waals surface area contributed by atoms with Gasteiger partial charge in [-0.3, -0.25) is 0 Å². The molecule has 68 valence electrons. The summed E-state index contributed by atoms with van der Waals surface area (Å²) in [6.07, 6.45) is 9.40. The van der Waals surface area contributed by atoms with E-state index in [1.165, 1.54) is 31.3 Å². The SMILES string of the molecule is CC1=CCC[C@H](O)C12CCCC2. The van der Waals surface area contributed by atoms with Gasteiger partial charge in [-0.15, -0.1) is 0 Å². The molecule has 2 aliphatic rings. The molecule has 0 aromatic carbocycles. The predicted molar refractivity (Wildman–Crippen MR) is 49.9 cm³/mol. The van der Waals surface area contributed by atoms with Crippen molar-refractivity contribution in [1.29, 1.82) is 0 Å². The molecule has 0 unspecified atom stereocenters. The van der Waals surface area contributed by atoms with Gasteiger partial charge in [0, 0.05) is 5.41 Å². The normalized spacial score (nSPS) is 33.8. The molecule has 0 amide bonds. The molecule has 1 saturated carbocycles. The van der Waals surface area contributed by atoms with Crippen LogP contribution in [0.25, 0.3) is 0 Å². The quantitative estimate of drug-likeness (QED) is 0.548. The largest absolute Gasteiger partial charge is 0.392 e. The van der Waals surface area contributed by atoms with E-state index in [4.69, 9.17) is 0 Å². The summed E-state index contributed by atoms with van der Waals surface area (Å²) in [5.74, 6) is 0. The van der Waals surface area contributed by atoms with E-state index in [0.29, 0.717) is 0 Å². The third-order valence-electron chi connectivity index (χ3n) is 3.81. The summed E-state index contributed by atoms with van der Waals surface area (Å²) in [5.41, 5.74) is 1.66. The van der Waals surface area contributed by atoms with Crippen LogP contribution < -0.4 is 0 Å². The lowest BCUT2D eigenvalue weighted by molar-refractivity contribution is 0.0411. The summed E-state index contributed by atoms with van der Waals surface area (Å²) in [7, 11) is 0. The van der Waals surface area contributed by atoms with Crippen molar-refractivity contribution in [2.45, 2.75) is 51.6 Å². The predicted octanol–water partition coefficient (Wildman–Crippen LogP) is 2.65. The Bertz CT molecular complexity index is 199. The summed E-state index contributed by atoms with van der Waals surface area (Å²) in [4.78, 5) is 0. The monoisotopic (exact) mass is 166 g/mol. The van der Waals surface area contributed by atoms with Crippen molar-refractivity contribution < 1.29 is 5.11 Å². The van der Waals surface area contributed by atoms with Crippen molar-refractivity contribution in [3.63, 3.8) is 0 Å². The molecule has 1 heteroatoms. The molecule has 0 radical (unpaired) electrons. The molecule has 1 nitrogen and oxygen atoms in total. The van der Waals surface area contributed by atoms with Crippen LogP contribution in [0.5, 0.6) is 0 Å². The molecule has 0 bridgehead atoms. The molecule has 1 fully saturated rings. The summed E-state index contributed by atoms with van der Waals surface area (Å²) in [5, 5.41) is 9.99. The van der Waals surface area contributed by atoms with Gasteiger partial charge in [0.25, 0.3) is 0 Å². The highest BCUT2D eigenvalue weighted by Gasteiger charge is 2.42. The van der Waals surface area contributed by atoms with Crippen LogP contribution in [0, 0.1) is 5.41 Å². The van der Waals surface area contributed by atoms with E-state index in [1.54, 1.807) is 0 Å². The van der Waals surface area contributed by atoms with Gasteiger partial charge in [0.1, 0.15) is 0 Å². The number of hydrogen-bond donors (Lipinski definition) is 1. The van der Waals surface area contributed by atoms with E-state index in [9.17, 15) is 5.11 Å². The standard InChI is InChI=1S/C11H18O/c1-9-5-4-6-10(12)11(9)7-2-3-8-11/h5,10,12H,2-4,6-8H2,1H3/t10-/m0/s1. The minimum atomic E-state index is -0.0509. The van der Waals surface area contributed by atoms with Crippen molar-refractivity contribution in [1.82, 2.24) is 0 Å². The molecule has 1 atom stereocenters. The fraction of sp³-hybridized carbons (Fsp3) is 0.818. The first kappa shape index (κ1) is 8.31. The highest BCUT2D eigenvalue weighted by atomic mass is 16.3. The van der Waals surface area contributed by atoms with Crippen molar-refractivity contribution in [3.05, 3.63) is 11.6 Å². The van der Waals surface area contributed by atoms with Crippen LogP contribution in [0.1, 0.15) is 45.4 Å². The molecule has 0 saturated heterocycles. The second-order valence-corrected chi connectivity index (χ2v) is 4.34. The van der Waals surface area contributed by atoms with E-state index >= 15 is 0 Å². The molecule has 2 rings (SSSR count). The lowest BCUT2D eigenvalue weighted by Crippen LogP contribution is -2.35. The second-order valence-electron chi connectivity index (χ2n) is 4.34. The smallest absolute Gasteiger partial charge is 0.0636 e. The van der Waals surface area contributed by atoms with Crippen LogP contribution in [0.2, 0.25) is 0 Å². The van der Waals surface area contributed by atoms with Gasteiger partial charge in [-0.2, -0.15) is 0 Å². The molecule has 1 N–H and O–H groups in total. The molecule has 12 heavy (non-hydrogen) atoms. The fourth-order valence-corrected chi connectivity index (χ4v) is 2.93. The Morgan fingerprint density at radius 3 is 2.67 bits per heavy atom. The van der Waals surface area contributed by atoms with Crippen LogP contribution >= 0.6 is 0 Å². The summed E-state index contributed by atoms with van der Waals surface area (Å²) in [6.45, 7) is 2.20. The Balaban J connectivity index is 2.29. The number of aliphatic hydroxyl groups excluding tert-OH is 1. The van der Waals surface area contributed by atoms with Gasteiger partial charge < -0.3 is 5.11 Å². The van der Waals surface area contributed by atoms with Gasteiger partial charge in [-0.05, 0) is 32.6 Å². The van der Waals surface area contributed by atoms with E-state index in [0.717, 1.165) is 12.8 Å². The maximum Gasteiger partial charge on any atom is 0.0636 e. The molecule has 0 aliphatic heterocycles. The van der Waals surface area contributed by atoms with E-state index < -0.39 is 0 Å². The molecular weight excluding hydrogens is 148 g/mol. The summed E-state index contributed by atoms with van der Waals surface area (Å²) in [6, 6.07) is 0. The van der Waals surface area contributed by atoms with E-state index in [2.05, 4.69) is 13.0 Å². The number of rotatable bonds is 0. The molecule has 0 heterocycles. The highest BCUT2D eigenvalue weighted by Crippen LogP contribution is 2.49. The first-order valence-corrected chi connectivity index (χ1v) is 5.11. The van der Waals surface area contributed by atoms with Gasteiger partial charge in [-0.25, -0.2) is 0 Å².